The van der Waals surface area contributed by atoms with Gasteiger partial charge >= 0.3 is 0 Å². The third-order valence-corrected chi connectivity index (χ3v) is 6.13. The smallest absolute Gasteiger partial charge is 0.119 e. The monoisotopic (exact) mass is 285 g/mol. The van der Waals surface area contributed by atoms with Crippen molar-refractivity contribution in [2.75, 3.05) is 13.7 Å². The van der Waals surface area contributed by atoms with Crippen molar-refractivity contribution < 1.29 is 4.74 Å². The van der Waals surface area contributed by atoms with Gasteiger partial charge in [0.2, 0.25) is 0 Å². The van der Waals surface area contributed by atoms with Gasteiger partial charge in [-0.05, 0) is 86.6 Å². The summed E-state index contributed by atoms with van der Waals surface area (Å²) in [5.74, 6) is 3.89. The third kappa shape index (κ3) is 2.59. The first-order valence-electron chi connectivity index (χ1n) is 8.76. The summed E-state index contributed by atoms with van der Waals surface area (Å²) in [5, 5.41) is 3.43. The van der Waals surface area contributed by atoms with Gasteiger partial charge < -0.3 is 10.1 Å². The molecule has 2 bridgehead atoms. The Morgan fingerprint density at radius 1 is 1.19 bits per heavy atom. The minimum Gasteiger partial charge on any atom is -0.493 e. The predicted octanol–water partition coefficient (Wildman–Crippen LogP) is 4.10. The molecule has 0 aliphatic heterocycles. The van der Waals surface area contributed by atoms with Gasteiger partial charge in [0, 0.05) is 6.04 Å². The Hall–Kier alpha value is -1.02. The van der Waals surface area contributed by atoms with Crippen LogP contribution in [0.25, 0.3) is 0 Å². The maximum absolute atomic E-state index is 6.16. The fourth-order valence-electron chi connectivity index (χ4n) is 4.96. The van der Waals surface area contributed by atoms with Gasteiger partial charge in [0.05, 0.1) is 6.61 Å². The van der Waals surface area contributed by atoms with E-state index < -0.39 is 0 Å². The van der Waals surface area contributed by atoms with E-state index in [0.717, 1.165) is 30.1 Å². The molecule has 1 aromatic rings. The standard InChI is InChI=1S/C19H27NO/c1-20-19-4-2-3-15-11-17(7-8-18(15)19)21-12-16-10-13-5-6-14(16)9-13/h7-8,11,13-14,16,19-20H,2-6,9-10,12H2,1H3. The largest absolute Gasteiger partial charge is 0.493 e. The molecule has 0 heterocycles. The summed E-state index contributed by atoms with van der Waals surface area (Å²) >= 11 is 0. The van der Waals surface area contributed by atoms with Crippen LogP contribution in [0.3, 0.4) is 0 Å². The number of hydrogen-bond donors (Lipinski definition) is 1. The van der Waals surface area contributed by atoms with Crippen LogP contribution in [0.5, 0.6) is 5.75 Å². The highest BCUT2D eigenvalue weighted by Gasteiger charge is 2.39. The highest BCUT2D eigenvalue weighted by molar-refractivity contribution is 5.39. The predicted molar refractivity (Wildman–Crippen MR) is 85.6 cm³/mol. The molecule has 21 heavy (non-hydrogen) atoms. The molecule has 1 N–H and O–H groups in total. The summed E-state index contributed by atoms with van der Waals surface area (Å²) in [7, 11) is 2.07. The summed E-state index contributed by atoms with van der Waals surface area (Å²) in [6, 6.07) is 7.30. The molecular weight excluding hydrogens is 258 g/mol. The first-order valence-corrected chi connectivity index (χ1v) is 8.76. The Kier molecular flexibility index (Phi) is 3.66. The van der Waals surface area contributed by atoms with Crippen molar-refractivity contribution in [2.24, 2.45) is 17.8 Å². The van der Waals surface area contributed by atoms with Crippen LogP contribution < -0.4 is 10.1 Å². The molecule has 0 spiro atoms. The average molecular weight is 285 g/mol. The number of nitrogens with one attached hydrogen (secondary N) is 1. The Morgan fingerprint density at radius 2 is 2.14 bits per heavy atom. The normalized spacial score (nSPS) is 34.0. The number of rotatable bonds is 4. The van der Waals surface area contributed by atoms with Gasteiger partial charge in [0.1, 0.15) is 5.75 Å². The zero-order chi connectivity index (χ0) is 14.2. The van der Waals surface area contributed by atoms with E-state index in [1.165, 1.54) is 56.1 Å². The van der Waals surface area contributed by atoms with Gasteiger partial charge in [-0.1, -0.05) is 12.5 Å². The Morgan fingerprint density at radius 3 is 2.90 bits per heavy atom. The van der Waals surface area contributed by atoms with Crippen molar-refractivity contribution in [3.63, 3.8) is 0 Å². The number of ether oxygens (including phenoxy) is 1. The molecule has 4 atom stereocenters. The molecule has 114 valence electrons. The van der Waals surface area contributed by atoms with Crippen molar-refractivity contribution in [3.05, 3.63) is 29.3 Å². The first-order chi connectivity index (χ1) is 10.3. The van der Waals surface area contributed by atoms with E-state index in [4.69, 9.17) is 4.74 Å². The van der Waals surface area contributed by atoms with Gasteiger partial charge in [-0.15, -0.1) is 0 Å². The molecule has 0 amide bonds. The zero-order valence-electron chi connectivity index (χ0n) is 13.1. The maximum Gasteiger partial charge on any atom is 0.119 e. The van der Waals surface area contributed by atoms with E-state index in [-0.39, 0.29) is 0 Å². The van der Waals surface area contributed by atoms with E-state index in [0.29, 0.717) is 6.04 Å². The number of fused-ring (bicyclic) bond motifs is 3. The molecule has 2 nitrogen and oxygen atoms in total. The molecule has 0 aromatic heterocycles. The summed E-state index contributed by atoms with van der Waals surface area (Å²) in [4.78, 5) is 0. The molecule has 4 rings (SSSR count). The van der Waals surface area contributed by atoms with E-state index >= 15 is 0 Å². The van der Waals surface area contributed by atoms with Crippen LogP contribution in [-0.4, -0.2) is 13.7 Å². The summed E-state index contributed by atoms with van der Waals surface area (Å²) < 4.78 is 6.16. The van der Waals surface area contributed by atoms with Crippen LogP contribution in [0.4, 0.5) is 0 Å². The minimum atomic E-state index is 0.536. The fraction of sp³-hybridized carbons (Fsp3) is 0.684. The van der Waals surface area contributed by atoms with Crippen molar-refractivity contribution >= 4 is 0 Å². The lowest BCUT2D eigenvalue weighted by atomic mass is 9.87. The van der Waals surface area contributed by atoms with Gasteiger partial charge in [0.15, 0.2) is 0 Å². The highest BCUT2D eigenvalue weighted by atomic mass is 16.5. The van der Waals surface area contributed by atoms with Crippen molar-refractivity contribution in [1.29, 1.82) is 0 Å². The van der Waals surface area contributed by atoms with E-state index in [1.54, 1.807) is 0 Å². The van der Waals surface area contributed by atoms with Crippen molar-refractivity contribution in [2.45, 2.75) is 51.0 Å². The molecule has 4 unspecified atom stereocenters. The highest BCUT2D eigenvalue weighted by Crippen LogP contribution is 2.48. The van der Waals surface area contributed by atoms with Crippen molar-refractivity contribution in [1.82, 2.24) is 5.32 Å². The molecule has 0 radical (unpaired) electrons. The molecule has 1 aromatic carbocycles. The van der Waals surface area contributed by atoms with Crippen LogP contribution in [-0.2, 0) is 6.42 Å². The molecule has 3 aliphatic rings. The van der Waals surface area contributed by atoms with E-state index in [9.17, 15) is 0 Å². The van der Waals surface area contributed by atoms with Crippen LogP contribution >= 0.6 is 0 Å². The van der Waals surface area contributed by atoms with Gasteiger partial charge in [-0.25, -0.2) is 0 Å². The minimum absolute atomic E-state index is 0.536. The Balaban J connectivity index is 1.42. The lowest BCUT2D eigenvalue weighted by molar-refractivity contribution is 0.195. The lowest BCUT2D eigenvalue weighted by Gasteiger charge is -2.26. The van der Waals surface area contributed by atoms with Gasteiger partial charge in [-0.3, -0.25) is 0 Å². The summed E-state index contributed by atoms with van der Waals surface area (Å²) in [5.41, 5.74) is 2.97. The van der Waals surface area contributed by atoms with Gasteiger partial charge in [-0.2, -0.15) is 0 Å². The third-order valence-electron chi connectivity index (χ3n) is 6.13. The van der Waals surface area contributed by atoms with Gasteiger partial charge in [0.25, 0.3) is 0 Å². The van der Waals surface area contributed by atoms with E-state index in [2.05, 4.69) is 30.6 Å². The number of aryl methyl sites for hydroxylation is 1. The Labute approximate surface area is 128 Å². The zero-order valence-corrected chi connectivity index (χ0v) is 13.1. The molecule has 0 saturated heterocycles. The second-order valence-electron chi connectivity index (χ2n) is 7.34. The number of hydrogen-bond acceptors (Lipinski definition) is 2. The van der Waals surface area contributed by atoms with Crippen LogP contribution in [0.2, 0.25) is 0 Å². The Bertz CT molecular complexity index is 512. The average Bonchev–Trinajstić information content (AvgIpc) is 3.14. The summed E-state index contributed by atoms with van der Waals surface area (Å²) in [6.45, 7) is 0.940. The van der Waals surface area contributed by atoms with Crippen LogP contribution in [0.1, 0.15) is 55.7 Å². The topological polar surface area (TPSA) is 21.3 Å². The number of benzene rings is 1. The van der Waals surface area contributed by atoms with Crippen LogP contribution in [0, 0.1) is 17.8 Å². The van der Waals surface area contributed by atoms with E-state index in [1.807, 2.05) is 0 Å². The molecule has 2 fully saturated rings. The quantitative estimate of drug-likeness (QED) is 0.899. The van der Waals surface area contributed by atoms with Crippen molar-refractivity contribution in [3.8, 4) is 5.75 Å². The molecule has 2 heteroatoms. The second-order valence-corrected chi connectivity index (χ2v) is 7.34. The SMILES string of the molecule is CNC1CCCc2cc(OCC3CC4CCC3C4)ccc21. The lowest BCUT2D eigenvalue weighted by Crippen LogP contribution is -2.22. The second kappa shape index (κ2) is 5.64. The molecular formula is C19H27NO. The maximum atomic E-state index is 6.16. The first kappa shape index (κ1) is 13.6. The fourth-order valence-corrected chi connectivity index (χ4v) is 4.96. The molecule has 2 saturated carbocycles. The van der Waals surface area contributed by atoms with Crippen LogP contribution in [0.15, 0.2) is 18.2 Å². The molecule has 3 aliphatic carbocycles. The summed E-state index contributed by atoms with van der Waals surface area (Å²) in [6.07, 6.45) is 9.57.